The first-order valence-corrected chi connectivity index (χ1v) is 7.90. The average Bonchev–Trinajstić information content (AvgIpc) is 3.18. The van der Waals surface area contributed by atoms with Gasteiger partial charge in [-0.05, 0) is 11.4 Å². The Hall–Kier alpha value is -2.67. The van der Waals surface area contributed by atoms with Gasteiger partial charge in [-0.1, -0.05) is 12.1 Å². The van der Waals surface area contributed by atoms with Crippen LogP contribution in [0.1, 0.15) is 10.5 Å². The van der Waals surface area contributed by atoms with Crippen LogP contribution in [0.5, 0.6) is 0 Å². The molecule has 0 atom stereocenters. The molecule has 0 aliphatic carbocycles. The van der Waals surface area contributed by atoms with Crippen LogP contribution in [0.25, 0.3) is 16.2 Å². The number of aromatic nitrogens is 3. The zero-order valence-corrected chi connectivity index (χ0v) is 13.7. The van der Waals surface area contributed by atoms with E-state index in [4.69, 9.17) is 0 Å². The molecule has 0 saturated carbocycles. The van der Waals surface area contributed by atoms with Gasteiger partial charge in [-0.2, -0.15) is 0 Å². The average molecular weight is 328 g/mol. The topological polar surface area (TPSA) is 59.6 Å². The fourth-order valence-corrected chi connectivity index (χ4v) is 3.09. The first-order chi connectivity index (χ1) is 11.0. The number of rotatable bonds is 4. The maximum atomic E-state index is 12.8. The molecule has 1 amide bonds. The standard InChI is InChI=1S/C16H16N4O2S/c1-4-7-20-12(13-6-5-8-23-13)10-19-9-11(15(21)18(2)3)17-14(19)16(20)22/h4-6,8-10H,1,7H2,2-3H3. The molecule has 0 spiro atoms. The maximum Gasteiger partial charge on any atom is 0.295 e. The lowest BCUT2D eigenvalue weighted by atomic mass is 10.3. The zero-order valence-electron chi connectivity index (χ0n) is 12.9. The Morgan fingerprint density at radius 2 is 2.22 bits per heavy atom. The van der Waals surface area contributed by atoms with Crippen molar-refractivity contribution in [1.82, 2.24) is 18.9 Å². The second kappa shape index (κ2) is 5.85. The molecule has 118 valence electrons. The second-order valence-corrected chi connectivity index (χ2v) is 6.20. The van der Waals surface area contributed by atoms with Gasteiger partial charge >= 0.3 is 0 Å². The number of thiophene rings is 1. The van der Waals surface area contributed by atoms with E-state index < -0.39 is 0 Å². The monoisotopic (exact) mass is 328 g/mol. The van der Waals surface area contributed by atoms with Crippen molar-refractivity contribution >= 4 is 22.9 Å². The molecule has 0 saturated heterocycles. The molecule has 0 aromatic carbocycles. The number of carbonyl (C=O) groups is 1. The van der Waals surface area contributed by atoms with E-state index in [0.29, 0.717) is 6.54 Å². The number of allylic oxidation sites excluding steroid dienone is 1. The first kappa shape index (κ1) is 15.2. The minimum atomic E-state index is -0.242. The Bertz CT molecular complexity index is 935. The van der Waals surface area contributed by atoms with Crippen molar-refractivity contribution in [2.45, 2.75) is 6.54 Å². The maximum absolute atomic E-state index is 12.8. The summed E-state index contributed by atoms with van der Waals surface area (Å²) >= 11 is 1.55. The van der Waals surface area contributed by atoms with E-state index in [2.05, 4.69) is 11.6 Å². The van der Waals surface area contributed by atoms with Gasteiger partial charge in [0.25, 0.3) is 11.5 Å². The van der Waals surface area contributed by atoms with Gasteiger partial charge in [0.1, 0.15) is 5.69 Å². The van der Waals surface area contributed by atoms with Crippen LogP contribution >= 0.6 is 11.3 Å². The normalized spacial score (nSPS) is 10.9. The van der Waals surface area contributed by atoms with Gasteiger partial charge in [-0.25, -0.2) is 4.98 Å². The van der Waals surface area contributed by atoms with Crippen molar-refractivity contribution in [3.8, 4) is 10.6 Å². The van der Waals surface area contributed by atoms with Crippen molar-refractivity contribution in [2.24, 2.45) is 0 Å². The molecule has 0 fully saturated rings. The van der Waals surface area contributed by atoms with Gasteiger partial charge in [0.05, 0.1) is 10.6 Å². The number of nitrogens with zero attached hydrogens (tertiary/aromatic N) is 4. The summed E-state index contributed by atoms with van der Waals surface area (Å²) < 4.78 is 3.23. The molecule has 6 nitrogen and oxygen atoms in total. The predicted molar refractivity (Wildman–Crippen MR) is 91.0 cm³/mol. The summed E-state index contributed by atoms with van der Waals surface area (Å²) in [7, 11) is 3.30. The quantitative estimate of drug-likeness (QED) is 0.689. The molecule has 3 rings (SSSR count). The predicted octanol–water partition coefficient (Wildman–Crippen LogP) is 2.11. The molecule has 0 radical (unpaired) electrons. The number of amides is 1. The highest BCUT2D eigenvalue weighted by Gasteiger charge is 2.17. The van der Waals surface area contributed by atoms with Crippen LogP contribution < -0.4 is 5.56 Å². The van der Waals surface area contributed by atoms with Crippen LogP contribution in [0.4, 0.5) is 0 Å². The SMILES string of the molecule is C=CCn1c(-c2cccs2)cn2cc(C(=O)N(C)C)nc2c1=O. The van der Waals surface area contributed by atoms with Crippen molar-refractivity contribution < 1.29 is 4.79 Å². The summed E-state index contributed by atoms with van der Waals surface area (Å²) in [6, 6.07) is 3.88. The highest BCUT2D eigenvalue weighted by molar-refractivity contribution is 7.13. The number of hydrogen-bond donors (Lipinski definition) is 0. The van der Waals surface area contributed by atoms with Crippen LogP contribution in [0, 0.1) is 0 Å². The van der Waals surface area contributed by atoms with Gasteiger partial charge in [0.15, 0.2) is 0 Å². The van der Waals surface area contributed by atoms with Crippen molar-refractivity contribution in [3.63, 3.8) is 0 Å². The van der Waals surface area contributed by atoms with Gasteiger partial charge in [0, 0.05) is 33.0 Å². The molecule has 0 unspecified atom stereocenters. The highest BCUT2D eigenvalue weighted by Crippen LogP contribution is 2.24. The third kappa shape index (κ3) is 2.59. The summed E-state index contributed by atoms with van der Waals surface area (Å²) in [6.07, 6.45) is 5.09. The molecule has 3 heterocycles. The van der Waals surface area contributed by atoms with Crippen LogP contribution in [0.3, 0.4) is 0 Å². The Labute approximate surface area is 136 Å². The molecule has 23 heavy (non-hydrogen) atoms. The summed E-state index contributed by atoms with van der Waals surface area (Å²) in [6.45, 7) is 4.09. The van der Waals surface area contributed by atoms with Crippen LogP contribution in [0.15, 0.2) is 47.4 Å². The smallest absolute Gasteiger partial charge is 0.295 e. The molecule has 0 N–H and O–H groups in total. The Balaban J connectivity index is 2.28. The highest BCUT2D eigenvalue weighted by atomic mass is 32.1. The van der Waals surface area contributed by atoms with Gasteiger partial charge in [-0.3, -0.25) is 18.6 Å². The summed E-state index contributed by atoms with van der Waals surface area (Å²) in [4.78, 5) is 31.4. The van der Waals surface area contributed by atoms with E-state index in [1.165, 1.54) is 4.90 Å². The number of imidazole rings is 1. The van der Waals surface area contributed by atoms with Crippen LogP contribution in [-0.4, -0.2) is 38.9 Å². The van der Waals surface area contributed by atoms with Gasteiger partial charge < -0.3 is 4.90 Å². The minimum Gasteiger partial charge on any atom is -0.343 e. The third-order valence-corrected chi connectivity index (χ3v) is 4.32. The third-order valence-electron chi connectivity index (χ3n) is 3.43. The van der Waals surface area contributed by atoms with E-state index in [9.17, 15) is 9.59 Å². The van der Waals surface area contributed by atoms with E-state index in [1.807, 2.05) is 23.7 Å². The molecule has 3 aromatic heterocycles. The first-order valence-electron chi connectivity index (χ1n) is 7.02. The van der Waals surface area contributed by atoms with Gasteiger partial charge in [-0.15, -0.1) is 17.9 Å². The molecular weight excluding hydrogens is 312 g/mol. The van der Waals surface area contributed by atoms with Crippen molar-refractivity contribution in [2.75, 3.05) is 14.1 Å². The Morgan fingerprint density at radius 1 is 1.43 bits per heavy atom. The van der Waals surface area contributed by atoms with Crippen LogP contribution in [0.2, 0.25) is 0 Å². The Kier molecular flexibility index (Phi) is 3.87. The second-order valence-electron chi connectivity index (χ2n) is 5.25. The summed E-state index contributed by atoms with van der Waals surface area (Å²) in [5.41, 5.74) is 1.02. The summed E-state index contributed by atoms with van der Waals surface area (Å²) in [5.74, 6) is -0.235. The largest absolute Gasteiger partial charge is 0.343 e. The van der Waals surface area contributed by atoms with E-state index in [-0.39, 0.29) is 22.8 Å². The fraction of sp³-hybridized carbons (Fsp3) is 0.188. The van der Waals surface area contributed by atoms with Gasteiger partial charge in [0.2, 0.25) is 5.65 Å². The zero-order chi connectivity index (χ0) is 16.6. The lowest BCUT2D eigenvalue weighted by Crippen LogP contribution is -2.24. The minimum absolute atomic E-state index is 0.234. The summed E-state index contributed by atoms with van der Waals surface area (Å²) in [5, 5.41) is 1.96. The van der Waals surface area contributed by atoms with E-state index in [1.54, 1.807) is 46.7 Å². The lowest BCUT2D eigenvalue weighted by molar-refractivity contribution is 0.0822. The molecule has 0 bridgehead atoms. The van der Waals surface area contributed by atoms with E-state index in [0.717, 1.165) is 10.6 Å². The molecule has 7 heteroatoms. The molecule has 0 aliphatic heterocycles. The van der Waals surface area contributed by atoms with E-state index >= 15 is 0 Å². The molecular formula is C16H16N4O2S. The number of carbonyl (C=O) groups excluding carboxylic acids is 1. The number of fused-ring (bicyclic) bond motifs is 1. The van der Waals surface area contributed by atoms with Crippen LogP contribution in [-0.2, 0) is 6.54 Å². The van der Waals surface area contributed by atoms with Crippen molar-refractivity contribution in [1.29, 1.82) is 0 Å². The fourth-order valence-electron chi connectivity index (χ4n) is 2.35. The molecule has 3 aromatic rings. The molecule has 0 aliphatic rings. The number of hydrogen-bond acceptors (Lipinski definition) is 4. The van der Waals surface area contributed by atoms with Crippen molar-refractivity contribution in [3.05, 3.63) is 58.6 Å². The Morgan fingerprint density at radius 3 is 2.83 bits per heavy atom. The lowest BCUT2D eigenvalue weighted by Gasteiger charge is -2.10.